The molecule has 0 spiro atoms. The number of carbonyl (C=O) groups excluding carboxylic acids is 1. The maximum atomic E-state index is 9.83. The van der Waals surface area contributed by atoms with E-state index in [2.05, 4.69) is 10.5 Å². The van der Waals surface area contributed by atoms with Crippen molar-refractivity contribution in [2.75, 3.05) is 0 Å². The summed E-state index contributed by atoms with van der Waals surface area (Å²) in [5.74, 6) is 0. The molecule has 1 atom stereocenters. The monoisotopic (exact) mass is 128 g/mol. The molecule has 50 valence electrons. The van der Waals surface area contributed by atoms with Crippen LogP contribution in [0.15, 0.2) is 5.16 Å². The summed E-state index contributed by atoms with van der Waals surface area (Å²) in [5.41, 5.74) is 0.911. The zero-order chi connectivity index (χ0) is 6.69. The molecule has 0 aliphatic carbocycles. The van der Waals surface area contributed by atoms with Gasteiger partial charge in [-0.3, -0.25) is 4.79 Å². The van der Waals surface area contributed by atoms with E-state index in [0.717, 1.165) is 5.71 Å². The first-order chi connectivity index (χ1) is 4.33. The van der Waals surface area contributed by atoms with E-state index < -0.39 is 0 Å². The minimum Gasteiger partial charge on any atom is -0.370 e. The summed E-state index contributed by atoms with van der Waals surface area (Å²) in [6.45, 7) is 1.85. The zero-order valence-corrected chi connectivity index (χ0v) is 5.13. The van der Waals surface area contributed by atoms with Crippen LogP contribution in [0.3, 0.4) is 0 Å². The third-order valence-corrected chi connectivity index (χ3v) is 1.07. The number of nitrogens with one attached hydrogen (secondary N) is 1. The summed E-state index contributed by atoms with van der Waals surface area (Å²) in [6.07, 6.45) is 1.07. The van der Waals surface area contributed by atoms with Crippen LogP contribution in [0.25, 0.3) is 0 Å². The van der Waals surface area contributed by atoms with Gasteiger partial charge in [0.1, 0.15) is 0 Å². The van der Waals surface area contributed by atoms with Crippen LogP contribution in [0.5, 0.6) is 0 Å². The highest BCUT2D eigenvalue weighted by Gasteiger charge is 2.15. The van der Waals surface area contributed by atoms with Crippen molar-refractivity contribution < 1.29 is 9.63 Å². The Kier molecular flexibility index (Phi) is 1.67. The zero-order valence-electron chi connectivity index (χ0n) is 5.13. The average Bonchev–Trinajstić information content (AvgIpc) is 2.17. The smallest absolute Gasteiger partial charge is 0.209 e. The van der Waals surface area contributed by atoms with Gasteiger partial charge in [-0.1, -0.05) is 5.16 Å². The number of carbonyl (C=O) groups is 1. The van der Waals surface area contributed by atoms with Crippen LogP contribution >= 0.6 is 0 Å². The Morgan fingerprint density at radius 3 is 3.22 bits per heavy atom. The summed E-state index contributed by atoms with van der Waals surface area (Å²) in [4.78, 5) is 14.6. The second kappa shape index (κ2) is 2.48. The predicted octanol–water partition coefficient (Wildman–Crippen LogP) is -0.145. The fourth-order valence-corrected chi connectivity index (χ4v) is 0.662. The summed E-state index contributed by atoms with van der Waals surface area (Å²) in [6, 6.07) is 0. The van der Waals surface area contributed by atoms with Crippen LogP contribution in [-0.4, -0.2) is 18.3 Å². The van der Waals surface area contributed by atoms with Crippen molar-refractivity contribution in [3.05, 3.63) is 0 Å². The van der Waals surface area contributed by atoms with Gasteiger partial charge in [0.2, 0.25) is 12.6 Å². The van der Waals surface area contributed by atoms with Gasteiger partial charge in [-0.2, -0.15) is 0 Å². The van der Waals surface area contributed by atoms with E-state index in [1.165, 1.54) is 0 Å². The van der Waals surface area contributed by atoms with Crippen molar-refractivity contribution in [3.63, 3.8) is 0 Å². The average molecular weight is 128 g/mol. The third kappa shape index (κ3) is 1.42. The van der Waals surface area contributed by atoms with Crippen molar-refractivity contribution in [1.29, 1.82) is 0 Å². The molecule has 1 unspecified atom stereocenters. The first-order valence-corrected chi connectivity index (χ1v) is 2.72. The number of amides is 1. The Morgan fingerprint density at radius 1 is 2.00 bits per heavy atom. The molecule has 1 N–H and O–H groups in total. The van der Waals surface area contributed by atoms with Crippen molar-refractivity contribution in [2.45, 2.75) is 19.6 Å². The van der Waals surface area contributed by atoms with Gasteiger partial charge in [0.15, 0.2) is 0 Å². The van der Waals surface area contributed by atoms with Crippen LogP contribution in [0.2, 0.25) is 0 Å². The lowest BCUT2D eigenvalue weighted by Gasteiger charge is -2.03. The van der Waals surface area contributed by atoms with Crippen LogP contribution in [0, 0.1) is 0 Å². The van der Waals surface area contributed by atoms with E-state index in [0.29, 0.717) is 12.8 Å². The van der Waals surface area contributed by atoms with E-state index in [-0.39, 0.29) is 6.23 Å². The highest BCUT2D eigenvalue weighted by atomic mass is 16.7. The van der Waals surface area contributed by atoms with Crippen LogP contribution < -0.4 is 5.32 Å². The maximum Gasteiger partial charge on any atom is 0.209 e. The summed E-state index contributed by atoms with van der Waals surface area (Å²) < 4.78 is 0. The molecule has 9 heavy (non-hydrogen) atoms. The van der Waals surface area contributed by atoms with Crippen molar-refractivity contribution >= 4 is 12.1 Å². The molecule has 0 aromatic carbocycles. The molecule has 1 heterocycles. The topological polar surface area (TPSA) is 50.7 Å². The second-order valence-electron chi connectivity index (χ2n) is 1.91. The van der Waals surface area contributed by atoms with Gasteiger partial charge in [-0.05, 0) is 6.92 Å². The summed E-state index contributed by atoms with van der Waals surface area (Å²) in [5, 5.41) is 6.09. The van der Waals surface area contributed by atoms with Crippen LogP contribution in [0.4, 0.5) is 0 Å². The molecule has 0 saturated carbocycles. The first-order valence-electron chi connectivity index (χ1n) is 2.72. The van der Waals surface area contributed by atoms with Gasteiger partial charge in [-0.15, -0.1) is 0 Å². The van der Waals surface area contributed by atoms with E-state index in [9.17, 15) is 4.79 Å². The molecule has 4 nitrogen and oxygen atoms in total. The molecular weight excluding hydrogens is 120 g/mol. The Balaban J connectivity index is 2.28. The Morgan fingerprint density at radius 2 is 2.78 bits per heavy atom. The predicted molar refractivity (Wildman–Crippen MR) is 31.8 cm³/mol. The molecule has 0 radical (unpaired) electrons. The quantitative estimate of drug-likeness (QED) is 0.526. The van der Waals surface area contributed by atoms with E-state index in [4.69, 9.17) is 4.84 Å². The molecule has 0 aromatic heterocycles. The molecule has 0 aromatic rings. The fourth-order valence-electron chi connectivity index (χ4n) is 0.662. The van der Waals surface area contributed by atoms with Gasteiger partial charge in [0, 0.05) is 6.42 Å². The standard InChI is InChI=1S/C5H8N2O2/c1-4-2-5(6-3-8)9-7-4/h3,5H,2H2,1H3,(H,6,8). The molecule has 1 rings (SSSR count). The van der Waals surface area contributed by atoms with Crippen molar-refractivity contribution in [2.24, 2.45) is 5.16 Å². The SMILES string of the molecule is CC1=NOC(NC=O)C1. The number of hydrogen-bond acceptors (Lipinski definition) is 3. The number of hydrogen-bond donors (Lipinski definition) is 1. The van der Waals surface area contributed by atoms with Gasteiger partial charge in [-0.25, -0.2) is 0 Å². The fraction of sp³-hybridized carbons (Fsp3) is 0.600. The summed E-state index contributed by atoms with van der Waals surface area (Å²) in [7, 11) is 0. The highest BCUT2D eigenvalue weighted by molar-refractivity contribution is 5.82. The minimum atomic E-state index is -0.234. The molecule has 1 aliphatic heterocycles. The van der Waals surface area contributed by atoms with E-state index in [1.54, 1.807) is 0 Å². The Bertz CT molecular complexity index is 144. The molecular formula is C5H8N2O2. The third-order valence-electron chi connectivity index (χ3n) is 1.07. The van der Waals surface area contributed by atoms with E-state index >= 15 is 0 Å². The van der Waals surface area contributed by atoms with Crippen molar-refractivity contribution in [3.8, 4) is 0 Å². The molecule has 0 saturated heterocycles. The first kappa shape index (κ1) is 6.07. The van der Waals surface area contributed by atoms with E-state index in [1.807, 2.05) is 6.92 Å². The maximum absolute atomic E-state index is 9.83. The molecule has 0 fully saturated rings. The van der Waals surface area contributed by atoms with Crippen LogP contribution in [-0.2, 0) is 9.63 Å². The lowest BCUT2D eigenvalue weighted by atomic mass is 10.3. The lowest BCUT2D eigenvalue weighted by Crippen LogP contribution is -2.26. The minimum absolute atomic E-state index is 0.234. The van der Waals surface area contributed by atoms with Gasteiger partial charge in [0.25, 0.3) is 0 Å². The Hall–Kier alpha value is -1.06. The molecule has 0 bridgehead atoms. The van der Waals surface area contributed by atoms with Gasteiger partial charge in [0.05, 0.1) is 5.71 Å². The number of nitrogens with zero attached hydrogens (tertiary/aromatic N) is 1. The lowest BCUT2D eigenvalue weighted by molar-refractivity contribution is -0.112. The van der Waals surface area contributed by atoms with Gasteiger partial charge >= 0.3 is 0 Å². The molecule has 4 heteroatoms. The van der Waals surface area contributed by atoms with Gasteiger partial charge < -0.3 is 10.2 Å². The van der Waals surface area contributed by atoms with Crippen LogP contribution in [0.1, 0.15) is 13.3 Å². The number of rotatable bonds is 2. The second-order valence-corrected chi connectivity index (χ2v) is 1.91. The highest BCUT2D eigenvalue weighted by Crippen LogP contribution is 2.05. The Labute approximate surface area is 52.9 Å². The number of oxime groups is 1. The normalized spacial score (nSPS) is 24.6. The largest absolute Gasteiger partial charge is 0.370 e. The summed E-state index contributed by atoms with van der Waals surface area (Å²) >= 11 is 0. The van der Waals surface area contributed by atoms with Crippen molar-refractivity contribution in [1.82, 2.24) is 5.32 Å². The molecule has 1 aliphatic rings. The molecule has 1 amide bonds.